The molecule has 0 aromatic carbocycles. The minimum absolute atomic E-state index is 0.0756. The van der Waals surface area contributed by atoms with Crippen LogP contribution in [0.5, 0.6) is 0 Å². The molecule has 1 amide bonds. The summed E-state index contributed by atoms with van der Waals surface area (Å²) in [6, 6.07) is 4.09. The summed E-state index contributed by atoms with van der Waals surface area (Å²) in [6.45, 7) is 4.30. The molecule has 4 nitrogen and oxygen atoms in total. The van der Waals surface area contributed by atoms with Crippen molar-refractivity contribution in [2.24, 2.45) is 0 Å². The first kappa shape index (κ1) is 16.6. The zero-order valence-corrected chi connectivity index (χ0v) is 14.9. The van der Waals surface area contributed by atoms with Crippen LogP contribution < -0.4 is 5.32 Å². The third-order valence-electron chi connectivity index (χ3n) is 4.05. The molecule has 0 radical (unpaired) electrons. The van der Waals surface area contributed by atoms with Gasteiger partial charge in [0, 0.05) is 11.9 Å². The highest BCUT2D eigenvalue weighted by Gasteiger charge is 2.11. The average molecular weight is 350 g/mol. The van der Waals surface area contributed by atoms with Crippen molar-refractivity contribution in [2.45, 2.75) is 32.1 Å². The smallest absolute Gasteiger partial charge is 0.226 e. The summed E-state index contributed by atoms with van der Waals surface area (Å²) < 4.78 is 0. The zero-order chi connectivity index (χ0) is 15.9. The highest BCUT2D eigenvalue weighted by Crippen LogP contribution is 2.27. The van der Waals surface area contributed by atoms with Gasteiger partial charge < -0.3 is 10.2 Å². The predicted molar refractivity (Wildman–Crippen MR) is 97.0 cm³/mol. The van der Waals surface area contributed by atoms with Gasteiger partial charge in [0.05, 0.1) is 17.0 Å². The molecule has 3 rings (SSSR count). The number of nitrogens with zero attached hydrogens (tertiary/aromatic N) is 2. The minimum Gasteiger partial charge on any atom is -0.356 e. The molecule has 1 N–H and O–H groups in total. The lowest BCUT2D eigenvalue weighted by molar-refractivity contribution is -0.120. The number of rotatable bonds is 7. The lowest BCUT2D eigenvalue weighted by atomic mass is 10.1. The first-order valence-electron chi connectivity index (χ1n) is 8.28. The van der Waals surface area contributed by atoms with Gasteiger partial charge in [0.1, 0.15) is 5.01 Å². The van der Waals surface area contributed by atoms with Crippen LogP contribution >= 0.6 is 22.7 Å². The SMILES string of the molecule is O=C(Cc1csc(-c2cccs2)n1)NCCCN1CCCCC1. The first-order chi connectivity index (χ1) is 11.3. The quantitative estimate of drug-likeness (QED) is 0.779. The highest BCUT2D eigenvalue weighted by molar-refractivity contribution is 7.20. The molecule has 23 heavy (non-hydrogen) atoms. The van der Waals surface area contributed by atoms with Gasteiger partial charge >= 0.3 is 0 Å². The second kappa shape index (κ2) is 8.57. The molecule has 1 saturated heterocycles. The van der Waals surface area contributed by atoms with E-state index in [1.807, 2.05) is 16.8 Å². The molecule has 1 aliphatic rings. The van der Waals surface area contributed by atoms with Crippen molar-refractivity contribution in [1.82, 2.24) is 15.2 Å². The fourth-order valence-corrected chi connectivity index (χ4v) is 4.48. The molecule has 2 aromatic rings. The van der Waals surface area contributed by atoms with Crippen LogP contribution in [0.15, 0.2) is 22.9 Å². The molecule has 3 heterocycles. The van der Waals surface area contributed by atoms with Crippen molar-refractivity contribution >= 4 is 28.6 Å². The number of hydrogen-bond donors (Lipinski definition) is 1. The van der Waals surface area contributed by atoms with Crippen LogP contribution in [0.3, 0.4) is 0 Å². The van der Waals surface area contributed by atoms with E-state index in [9.17, 15) is 4.79 Å². The number of aromatic nitrogens is 1. The monoisotopic (exact) mass is 349 g/mol. The molecule has 0 unspecified atom stereocenters. The van der Waals surface area contributed by atoms with Crippen LogP contribution in [0.25, 0.3) is 9.88 Å². The van der Waals surface area contributed by atoms with Crippen molar-refractivity contribution in [3.63, 3.8) is 0 Å². The number of thiazole rings is 1. The van der Waals surface area contributed by atoms with Gasteiger partial charge in [-0.25, -0.2) is 4.98 Å². The lowest BCUT2D eigenvalue weighted by Crippen LogP contribution is -2.33. The van der Waals surface area contributed by atoms with Gasteiger partial charge in [0.15, 0.2) is 0 Å². The summed E-state index contributed by atoms with van der Waals surface area (Å²) in [5, 5.41) is 8.06. The topological polar surface area (TPSA) is 45.2 Å². The zero-order valence-electron chi connectivity index (χ0n) is 13.3. The largest absolute Gasteiger partial charge is 0.356 e. The number of amides is 1. The summed E-state index contributed by atoms with van der Waals surface area (Å²) >= 11 is 3.29. The fourth-order valence-electron chi connectivity index (χ4n) is 2.84. The molecule has 1 aliphatic heterocycles. The Morgan fingerprint density at radius 1 is 1.26 bits per heavy atom. The molecule has 6 heteroatoms. The molecule has 0 spiro atoms. The van der Waals surface area contributed by atoms with E-state index >= 15 is 0 Å². The molecule has 0 atom stereocenters. The number of thiophene rings is 1. The molecule has 2 aromatic heterocycles. The number of carbonyl (C=O) groups excluding carboxylic acids is 1. The van der Waals surface area contributed by atoms with Gasteiger partial charge in [0.25, 0.3) is 0 Å². The van der Waals surface area contributed by atoms with Crippen LogP contribution in [0.1, 0.15) is 31.4 Å². The van der Waals surface area contributed by atoms with Crippen LogP contribution in [-0.2, 0) is 11.2 Å². The molecular weight excluding hydrogens is 326 g/mol. The summed E-state index contributed by atoms with van der Waals surface area (Å²) in [6.07, 6.45) is 5.43. The van der Waals surface area contributed by atoms with E-state index in [-0.39, 0.29) is 5.91 Å². The number of hydrogen-bond acceptors (Lipinski definition) is 5. The Kier molecular flexibility index (Phi) is 6.19. The minimum atomic E-state index is 0.0756. The average Bonchev–Trinajstić information content (AvgIpc) is 3.24. The Morgan fingerprint density at radius 3 is 2.91 bits per heavy atom. The third kappa shape index (κ3) is 5.12. The lowest BCUT2D eigenvalue weighted by Gasteiger charge is -2.26. The van der Waals surface area contributed by atoms with Crippen molar-refractivity contribution in [1.29, 1.82) is 0 Å². The van der Waals surface area contributed by atoms with Gasteiger partial charge in [-0.2, -0.15) is 0 Å². The van der Waals surface area contributed by atoms with E-state index in [2.05, 4.69) is 21.3 Å². The highest BCUT2D eigenvalue weighted by atomic mass is 32.1. The van der Waals surface area contributed by atoms with Gasteiger partial charge in [-0.3, -0.25) is 4.79 Å². The van der Waals surface area contributed by atoms with Crippen LogP contribution in [0.4, 0.5) is 0 Å². The van der Waals surface area contributed by atoms with E-state index in [1.54, 1.807) is 22.7 Å². The Morgan fingerprint density at radius 2 is 2.13 bits per heavy atom. The van der Waals surface area contributed by atoms with Gasteiger partial charge in [0.2, 0.25) is 5.91 Å². The summed E-state index contributed by atoms with van der Waals surface area (Å²) in [4.78, 5) is 20.2. The number of nitrogens with one attached hydrogen (secondary N) is 1. The van der Waals surface area contributed by atoms with Crippen molar-refractivity contribution in [2.75, 3.05) is 26.2 Å². The van der Waals surface area contributed by atoms with E-state index in [1.165, 1.54) is 37.2 Å². The second-order valence-electron chi connectivity index (χ2n) is 5.90. The molecule has 1 fully saturated rings. The van der Waals surface area contributed by atoms with Crippen molar-refractivity contribution in [3.8, 4) is 9.88 Å². The standard InChI is InChI=1S/C17H23N3OS2/c21-16(18-7-5-10-20-8-2-1-3-9-20)12-14-13-23-17(19-14)15-6-4-11-22-15/h4,6,11,13H,1-3,5,7-10,12H2,(H,18,21). The van der Waals surface area contributed by atoms with Gasteiger partial charge in [-0.05, 0) is 50.3 Å². The maximum Gasteiger partial charge on any atom is 0.226 e. The molecule has 0 saturated carbocycles. The van der Waals surface area contributed by atoms with Gasteiger partial charge in [-0.15, -0.1) is 22.7 Å². The Balaban J connectivity index is 1.36. The second-order valence-corrected chi connectivity index (χ2v) is 7.71. The fraction of sp³-hybridized carbons (Fsp3) is 0.529. The normalized spacial score (nSPS) is 15.7. The Labute approximate surface area is 145 Å². The van der Waals surface area contributed by atoms with Crippen LogP contribution in [-0.4, -0.2) is 42.0 Å². The van der Waals surface area contributed by atoms with Crippen LogP contribution in [0.2, 0.25) is 0 Å². The first-order valence-corrected chi connectivity index (χ1v) is 10.0. The summed E-state index contributed by atoms with van der Waals surface area (Å²) in [7, 11) is 0. The maximum atomic E-state index is 12.0. The van der Waals surface area contributed by atoms with Crippen molar-refractivity contribution < 1.29 is 4.79 Å². The summed E-state index contributed by atoms with van der Waals surface area (Å²) in [5.74, 6) is 0.0756. The molecular formula is C17H23N3OS2. The van der Waals surface area contributed by atoms with E-state index in [0.29, 0.717) is 6.42 Å². The van der Waals surface area contributed by atoms with E-state index < -0.39 is 0 Å². The Bertz CT molecular complexity index is 603. The number of piperidine rings is 1. The number of carbonyl (C=O) groups is 1. The van der Waals surface area contributed by atoms with E-state index in [4.69, 9.17) is 0 Å². The van der Waals surface area contributed by atoms with E-state index in [0.717, 1.165) is 30.2 Å². The predicted octanol–water partition coefficient (Wildman–Crippen LogP) is 3.41. The van der Waals surface area contributed by atoms with Crippen molar-refractivity contribution in [3.05, 3.63) is 28.6 Å². The number of likely N-dealkylation sites (tertiary alicyclic amines) is 1. The maximum absolute atomic E-state index is 12.0. The Hall–Kier alpha value is -1.24. The van der Waals surface area contributed by atoms with Gasteiger partial charge in [-0.1, -0.05) is 12.5 Å². The molecule has 0 bridgehead atoms. The summed E-state index contributed by atoms with van der Waals surface area (Å²) in [5.41, 5.74) is 0.868. The molecule has 124 valence electrons. The van der Waals surface area contributed by atoms with Crippen LogP contribution in [0, 0.1) is 0 Å². The third-order valence-corrected chi connectivity index (χ3v) is 5.98. The molecule has 0 aliphatic carbocycles.